The molecule has 0 bridgehead atoms. The van der Waals surface area contributed by atoms with Crippen LogP contribution in [0.15, 0.2) is 23.1 Å². The number of nitrogens with one attached hydrogen (secondary N) is 1. The van der Waals surface area contributed by atoms with Crippen molar-refractivity contribution in [3.8, 4) is 11.4 Å². The molecule has 1 aromatic carbocycles. The van der Waals surface area contributed by atoms with Gasteiger partial charge in [-0.1, -0.05) is 11.6 Å². The van der Waals surface area contributed by atoms with Crippen LogP contribution in [0.4, 0.5) is 15.9 Å². The van der Waals surface area contributed by atoms with Crippen LogP contribution in [-0.4, -0.2) is 34.5 Å². The van der Waals surface area contributed by atoms with Gasteiger partial charge in [0.15, 0.2) is 5.82 Å². The lowest BCUT2D eigenvalue weighted by molar-refractivity contribution is 0.311. The normalized spacial score (nSPS) is 10.7. The number of anilines is 2. The van der Waals surface area contributed by atoms with Gasteiger partial charge in [0.25, 0.3) is 0 Å². The van der Waals surface area contributed by atoms with Gasteiger partial charge in [0.05, 0.1) is 17.2 Å². The molecule has 0 saturated heterocycles. The smallest absolute Gasteiger partial charge is 0.163 e. The Morgan fingerprint density at radius 3 is 2.81 bits per heavy atom. The average molecular weight is 329 g/mol. The number of aliphatic hydroxyl groups is 1. The number of thioether (sulfide) groups is 1. The minimum Gasteiger partial charge on any atom is -0.396 e. The zero-order valence-electron chi connectivity index (χ0n) is 11.2. The Morgan fingerprint density at radius 1 is 1.43 bits per heavy atom. The van der Waals surface area contributed by atoms with Crippen LogP contribution in [0, 0.1) is 5.82 Å². The first-order valence-electron chi connectivity index (χ1n) is 6.08. The zero-order chi connectivity index (χ0) is 15.4. The Kier molecular flexibility index (Phi) is 5.22. The summed E-state index contributed by atoms with van der Waals surface area (Å²) < 4.78 is 13.5. The summed E-state index contributed by atoms with van der Waals surface area (Å²) in [6, 6.07) is 4.33. The molecule has 21 heavy (non-hydrogen) atoms. The molecule has 2 aromatic rings. The Hall–Kier alpha value is -1.57. The molecule has 0 atom stereocenters. The number of aromatic nitrogens is 2. The third-order valence-corrected chi connectivity index (χ3v) is 3.87. The third kappa shape index (κ3) is 3.55. The van der Waals surface area contributed by atoms with E-state index in [-0.39, 0.29) is 23.3 Å². The van der Waals surface area contributed by atoms with Crippen LogP contribution in [-0.2, 0) is 0 Å². The van der Waals surface area contributed by atoms with Gasteiger partial charge in [-0.3, -0.25) is 0 Å². The topological polar surface area (TPSA) is 84.1 Å². The van der Waals surface area contributed by atoms with Crippen molar-refractivity contribution in [1.82, 2.24) is 9.97 Å². The lowest BCUT2D eigenvalue weighted by Crippen LogP contribution is -2.09. The summed E-state index contributed by atoms with van der Waals surface area (Å²) >= 11 is 7.53. The molecule has 5 nitrogen and oxygen atoms in total. The van der Waals surface area contributed by atoms with Crippen LogP contribution in [0.2, 0.25) is 5.15 Å². The molecule has 0 aliphatic carbocycles. The van der Waals surface area contributed by atoms with Gasteiger partial charge in [-0.15, -0.1) is 11.8 Å². The van der Waals surface area contributed by atoms with E-state index in [0.29, 0.717) is 22.8 Å². The van der Waals surface area contributed by atoms with E-state index in [1.807, 2.05) is 6.26 Å². The molecule has 0 aliphatic heterocycles. The highest BCUT2D eigenvalue weighted by atomic mass is 35.5. The maximum absolute atomic E-state index is 13.5. The van der Waals surface area contributed by atoms with Crippen LogP contribution < -0.4 is 11.1 Å². The minimum absolute atomic E-state index is 0.0404. The highest BCUT2D eigenvalue weighted by Crippen LogP contribution is 2.32. The Bertz CT molecular complexity index is 656. The first-order chi connectivity index (χ1) is 10.1. The van der Waals surface area contributed by atoms with Crippen LogP contribution in [0.25, 0.3) is 11.4 Å². The molecule has 0 fully saturated rings. The molecule has 0 unspecified atom stereocenters. The molecule has 4 N–H and O–H groups in total. The van der Waals surface area contributed by atoms with Crippen LogP contribution in [0.3, 0.4) is 0 Å². The van der Waals surface area contributed by atoms with E-state index in [2.05, 4.69) is 15.3 Å². The monoisotopic (exact) mass is 328 g/mol. The largest absolute Gasteiger partial charge is 0.396 e. The average Bonchev–Trinajstić information content (AvgIpc) is 2.47. The number of halogens is 2. The fourth-order valence-electron chi connectivity index (χ4n) is 1.69. The lowest BCUT2D eigenvalue weighted by Gasteiger charge is -2.12. The van der Waals surface area contributed by atoms with Gasteiger partial charge < -0.3 is 16.2 Å². The summed E-state index contributed by atoms with van der Waals surface area (Å²) in [5.74, 6) is 0.256. The molecule has 0 aliphatic rings. The first-order valence-corrected chi connectivity index (χ1v) is 7.68. The van der Waals surface area contributed by atoms with Crippen molar-refractivity contribution in [2.75, 3.05) is 30.5 Å². The van der Waals surface area contributed by atoms with Gasteiger partial charge in [0.1, 0.15) is 16.8 Å². The second-order valence-corrected chi connectivity index (χ2v) is 5.28. The minimum atomic E-state index is -0.536. The van der Waals surface area contributed by atoms with Crippen molar-refractivity contribution in [3.05, 3.63) is 29.2 Å². The second-order valence-electron chi connectivity index (χ2n) is 4.11. The molecular weight excluding hydrogens is 315 g/mol. The molecule has 1 aromatic heterocycles. The Morgan fingerprint density at radius 2 is 2.19 bits per heavy atom. The predicted octanol–water partition coefficient (Wildman–Crippen LogP) is 2.64. The van der Waals surface area contributed by atoms with E-state index in [1.165, 1.54) is 23.9 Å². The molecule has 2 rings (SSSR count). The fourth-order valence-corrected chi connectivity index (χ4v) is 2.62. The third-order valence-electron chi connectivity index (χ3n) is 2.69. The molecule has 0 radical (unpaired) electrons. The number of hydrogen-bond donors (Lipinski definition) is 3. The number of nitrogen functional groups attached to an aromatic ring is 1. The summed E-state index contributed by atoms with van der Waals surface area (Å²) in [5.41, 5.74) is 5.99. The molecule has 112 valence electrons. The van der Waals surface area contributed by atoms with Gasteiger partial charge in [0.2, 0.25) is 0 Å². The Balaban J connectivity index is 2.48. The SMILES string of the molecule is CSc1c(Cl)nc(-c2ccc(N)c(F)c2)nc1NCCO. The number of hydrogen-bond acceptors (Lipinski definition) is 6. The van der Waals surface area contributed by atoms with Gasteiger partial charge >= 0.3 is 0 Å². The van der Waals surface area contributed by atoms with E-state index >= 15 is 0 Å². The van der Waals surface area contributed by atoms with Gasteiger partial charge in [-0.05, 0) is 24.5 Å². The highest BCUT2D eigenvalue weighted by Gasteiger charge is 2.14. The predicted molar refractivity (Wildman–Crippen MR) is 84.2 cm³/mol. The number of nitrogens with two attached hydrogens (primary N) is 1. The molecular formula is C13H14ClFN4OS. The van der Waals surface area contributed by atoms with E-state index < -0.39 is 5.82 Å². The summed E-state index contributed by atoms with van der Waals surface area (Å²) in [4.78, 5) is 9.19. The van der Waals surface area contributed by atoms with Crippen molar-refractivity contribution in [1.29, 1.82) is 0 Å². The highest BCUT2D eigenvalue weighted by molar-refractivity contribution is 7.98. The maximum atomic E-state index is 13.5. The van der Waals surface area contributed by atoms with Crippen molar-refractivity contribution >= 4 is 34.9 Å². The van der Waals surface area contributed by atoms with E-state index in [9.17, 15) is 4.39 Å². The molecule has 0 saturated carbocycles. The standard InChI is InChI=1S/C13H14ClFN4OS/c1-21-10-11(14)18-12(19-13(10)17-4-5-20)7-2-3-9(16)8(15)6-7/h2-3,6,20H,4-5,16H2,1H3,(H,17,18,19). The summed E-state index contributed by atoms with van der Waals surface area (Å²) in [6.07, 6.45) is 1.84. The van der Waals surface area contributed by atoms with E-state index in [1.54, 1.807) is 6.07 Å². The van der Waals surface area contributed by atoms with Crippen LogP contribution >= 0.6 is 23.4 Å². The van der Waals surface area contributed by atoms with Crippen LogP contribution in [0.1, 0.15) is 0 Å². The molecule has 0 amide bonds. The second kappa shape index (κ2) is 6.93. The maximum Gasteiger partial charge on any atom is 0.163 e. The number of benzene rings is 1. The van der Waals surface area contributed by atoms with Gasteiger partial charge in [-0.25, -0.2) is 14.4 Å². The quantitative estimate of drug-likeness (QED) is 0.444. The molecule has 8 heteroatoms. The zero-order valence-corrected chi connectivity index (χ0v) is 12.8. The number of aliphatic hydroxyl groups excluding tert-OH is 1. The van der Waals surface area contributed by atoms with Crippen molar-refractivity contribution in [2.45, 2.75) is 4.90 Å². The molecule has 0 spiro atoms. The summed E-state index contributed by atoms with van der Waals surface area (Å²) in [6.45, 7) is 0.289. The first kappa shape index (κ1) is 15.8. The van der Waals surface area contributed by atoms with Gasteiger partial charge in [-0.2, -0.15) is 0 Å². The summed E-state index contributed by atoms with van der Waals surface area (Å²) in [7, 11) is 0. The van der Waals surface area contributed by atoms with E-state index in [4.69, 9.17) is 22.4 Å². The summed E-state index contributed by atoms with van der Waals surface area (Å²) in [5, 5.41) is 12.1. The molecule has 1 heterocycles. The van der Waals surface area contributed by atoms with Crippen molar-refractivity contribution in [3.63, 3.8) is 0 Å². The van der Waals surface area contributed by atoms with Crippen LogP contribution in [0.5, 0.6) is 0 Å². The number of rotatable bonds is 5. The van der Waals surface area contributed by atoms with Crippen molar-refractivity contribution in [2.24, 2.45) is 0 Å². The van der Waals surface area contributed by atoms with Gasteiger partial charge in [0, 0.05) is 12.1 Å². The van der Waals surface area contributed by atoms with Crippen molar-refractivity contribution < 1.29 is 9.50 Å². The van der Waals surface area contributed by atoms with E-state index in [0.717, 1.165) is 0 Å². The number of nitrogens with zero attached hydrogens (tertiary/aromatic N) is 2. The fraction of sp³-hybridized carbons (Fsp3) is 0.231. The lowest BCUT2D eigenvalue weighted by atomic mass is 10.2. The Labute approximate surface area is 130 Å².